The zero-order valence-electron chi connectivity index (χ0n) is 13.3. The average molecular weight is 327 g/mol. The van der Waals surface area contributed by atoms with Gasteiger partial charge in [0.15, 0.2) is 0 Å². The molecule has 0 saturated heterocycles. The molecule has 0 aromatic heterocycles. The number of carbonyl (C=O) groups excluding carboxylic acids is 1. The smallest absolute Gasteiger partial charge is 0.232 e. The summed E-state index contributed by atoms with van der Waals surface area (Å²) in [6.45, 7) is 5.48. The number of sulfonamides is 1. The highest BCUT2D eigenvalue weighted by Crippen LogP contribution is 2.16. The highest BCUT2D eigenvalue weighted by atomic mass is 32.2. The maximum absolute atomic E-state index is 11.9. The van der Waals surface area contributed by atoms with Gasteiger partial charge in [-0.15, -0.1) is 0 Å². The molecule has 2 unspecified atom stereocenters. The summed E-state index contributed by atoms with van der Waals surface area (Å²) in [4.78, 5) is 11.9. The van der Waals surface area contributed by atoms with Gasteiger partial charge < -0.3 is 11.1 Å². The van der Waals surface area contributed by atoms with Crippen LogP contribution in [0.5, 0.6) is 0 Å². The van der Waals surface area contributed by atoms with Crippen molar-refractivity contribution in [3.8, 4) is 0 Å². The molecule has 1 rings (SSSR count). The van der Waals surface area contributed by atoms with Gasteiger partial charge in [0.05, 0.1) is 11.7 Å². The van der Waals surface area contributed by atoms with Crippen molar-refractivity contribution < 1.29 is 13.2 Å². The van der Waals surface area contributed by atoms with Gasteiger partial charge in [0.2, 0.25) is 15.9 Å². The Morgan fingerprint density at radius 3 is 2.23 bits per heavy atom. The van der Waals surface area contributed by atoms with Crippen LogP contribution in [-0.4, -0.2) is 26.1 Å². The van der Waals surface area contributed by atoms with E-state index in [0.29, 0.717) is 17.8 Å². The lowest BCUT2D eigenvalue weighted by atomic mass is 10.0. The zero-order valence-corrected chi connectivity index (χ0v) is 14.1. The molecule has 1 aromatic rings. The van der Waals surface area contributed by atoms with E-state index in [1.807, 2.05) is 6.92 Å². The fourth-order valence-electron chi connectivity index (χ4n) is 1.68. The second kappa shape index (κ2) is 8.14. The van der Waals surface area contributed by atoms with E-state index in [1.54, 1.807) is 38.1 Å². The number of unbranched alkanes of at least 4 members (excludes halogenated alkanes) is 1. The minimum absolute atomic E-state index is 0.105. The Kier molecular flexibility index (Phi) is 6.83. The van der Waals surface area contributed by atoms with Gasteiger partial charge in [-0.05, 0) is 37.6 Å². The molecule has 0 aliphatic carbocycles. The molecule has 0 saturated carbocycles. The number of hydrogen-bond acceptors (Lipinski definition) is 4. The van der Waals surface area contributed by atoms with Crippen molar-refractivity contribution in [1.29, 1.82) is 0 Å². The summed E-state index contributed by atoms with van der Waals surface area (Å²) in [6, 6.07) is 6.32. The van der Waals surface area contributed by atoms with E-state index in [2.05, 4.69) is 10.0 Å². The largest absolute Gasteiger partial charge is 0.327 e. The second-order valence-electron chi connectivity index (χ2n) is 5.49. The first-order valence-electron chi connectivity index (χ1n) is 7.42. The van der Waals surface area contributed by atoms with E-state index >= 15 is 0 Å². The van der Waals surface area contributed by atoms with Crippen molar-refractivity contribution in [3.63, 3.8) is 0 Å². The van der Waals surface area contributed by atoms with Crippen molar-refractivity contribution in [2.24, 2.45) is 11.7 Å². The molecule has 0 radical (unpaired) electrons. The summed E-state index contributed by atoms with van der Waals surface area (Å²) >= 11 is 0. The number of nitrogens with one attached hydrogen (secondary N) is 2. The number of amides is 1. The number of anilines is 2. The average Bonchev–Trinajstić information content (AvgIpc) is 2.46. The third-order valence-electron chi connectivity index (χ3n) is 3.39. The Morgan fingerprint density at radius 2 is 1.73 bits per heavy atom. The fourth-order valence-corrected chi connectivity index (χ4v) is 2.95. The standard InChI is InChI=1S/C15H25N3O3S/c1-4-5-10-22(20,21)18-14-8-6-13(7-9-14)17-15(19)11(2)12(3)16/h6-9,11-12,18H,4-5,10,16H2,1-3H3,(H,17,19). The Labute approximate surface area is 132 Å². The molecule has 2 atom stereocenters. The molecule has 0 spiro atoms. The van der Waals surface area contributed by atoms with E-state index in [4.69, 9.17) is 5.73 Å². The highest BCUT2D eigenvalue weighted by Gasteiger charge is 2.17. The third kappa shape index (κ3) is 6.03. The van der Waals surface area contributed by atoms with Crippen LogP contribution >= 0.6 is 0 Å². The Bertz CT molecular complexity index is 583. The monoisotopic (exact) mass is 327 g/mol. The van der Waals surface area contributed by atoms with Gasteiger partial charge in [-0.25, -0.2) is 8.42 Å². The Morgan fingerprint density at radius 1 is 1.18 bits per heavy atom. The van der Waals surface area contributed by atoms with E-state index in [-0.39, 0.29) is 23.6 Å². The summed E-state index contributed by atoms with van der Waals surface area (Å²) in [5.41, 5.74) is 6.77. The summed E-state index contributed by atoms with van der Waals surface area (Å²) < 4.78 is 26.1. The van der Waals surface area contributed by atoms with E-state index < -0.39 is 10.0 Å². The van der Waals surface area contributed by atoms with Crippen LogP contribution in [0.1, 0.15) is 33.6 Å². The lowest BCUT2D eigenvalue weighted by molar-refractivity contribution is -0.119. The molecule has 7 heteroatoms. The molecule has 124 valence electrons. The maximum atomic E-state index is 11.9. The van der Waals surface area contributed by atoms with Crippen LogP contribution in [0.3, 0.4) is 0 Å². The second-order valence-corrected chi connectivity index (χ2v) is 7.33. The molecule has 0 aliphatic rings. The SMILES string of the molecule is CCCCS(=O)(=O)Nc1ccc(NC(=O)C(C)C(C)N)cc1. The Hall–Kier alpha value is -1.60. The van der Waals surface area contributed by atoms with E-state index in [1.165, 1.54) is 0 Å². The predicted octanol–water partition coefficient (Wildman–Crippen LogP) is 2.15. The molecule has 6 nitrogen and oxygen atoms in total. The van der Waals surface area contributed by atoms with Crippen LogP contribution < -0.4 is 15.8 Å². The van der Waals surface area contributed by atoms with Crippen molar-refractivity contribution in [2.45, 2.75) is 39.7 Å². The molecule has 4 N–H and O–H groups in total. The summed E-state index contributed by atoms with van der Waals surface area (Å²) in [7, 11) is -3.31. The minimum Gasteiger partial charge on any atom is -0.327 e. The number of carbonyl (C=O) groups is 1. The summed E-state index contributed by atoms with van der Waals surface area (Å²) in [5.74, 6) is -0.355. The number of rotatable bonds is 8. The first kappa shape index (κ1) is 18.4. The van der Waals surface area contributed by atoms with Crippen LogP contribution in [0.15, 0.2) is 24.3 Å². The van der Waals surface area contributed by atoms with Crippen LogP contribution in [0.2, 0.25) is 0 Å². The molecular formula is C15H25N3O3S. The normalized spacial score (nSPS) is 14.2. The molecule has 1 amide bonds. The van der Waals surface area contributed by atoms with Crippen molar-refractivity contribution >= 4 is 27.3 Å². The molecule has 0 bridgehead atoms. The van der Waals surface area contributed by atoms with E-state index in [0.717, 1.165) is 6.42 Å². The van der Waals surface area contributed by atoms with Crippen LogP contribution in [0.25, 0.3) is 0 Å². The van der Waals surface area contributed by atoms with Gasteiger partial charge in [-0.2, -0.15) is 0 Å². The topological polar surface area (TPSA) is 101 Å². The first-order valence-corrected chi connectivity index (χ1v) is 9.07. The molecule has 1 aromatic carbocycles. The number of hydrogen-bond donors (Lipinski definition) is 3. The molecule has 22 heavy (non-hydrogen) atoms. The molecule has 0 fully saturated rings. The number of nitrogens with two attached hydrogens (primary N) is 1. The van der Waals surface area contributed by atoms with Crippen LogP contribution in [0.4, 0.5) is 11.4 Å². The van der Waals surface area contributed by atoms with Crippen molar-refractivity contribution in [3.05, 3.63) is 24.3 Å². The van der Waals surface area contributed by atoms with Gasteiger partial charge in [0.25, 0.3) is 0 Å². The Balaban J connectivity index is 2.65. The molecule has 0 heterocycles. The van der Waals surface area contributed by atoms with Gasteiger partial charge in [0, 0.05) is 17.4 Å². The van der Waals surface area contributed by atoms with Gasteiger partial charge in [-0.3, -0.25) is 9.52 Å². The van der Waals surface area contributed by atoms with Crippen LogP contribution in [0, 0.1) is 5.92 Å². The van der Waals surface area contributed by atoms with Crippen molar-refractivity contribution in [2.75, 3.05) is 15.8 Å². The van der Waals surface area contributed by atoms with Crippen LogP contribution in [-0.2, 0) is 14.8 Å². The van der Waals surface area contributed by atoms with Gasteiger partial charge >= 0.3 is 0 Å². The lowest BCUT2D eigenvalue weighted by Gasteiger charge is -2.15. The quantitative estimate of drug-likeness (QED) is 0.681. The summed E-state index contributed by atoms with van der Waals surface area (Å²) in [5, 5.41) is 2.75. The highest BCUT2D eigenvalue weighted by molar-refractivity contribution is 7.92. The van der Waals surface area contributed by atoms with Gasteiger partial charge in [0.1, 0.15) is 0 Å². The predicted molar refractivity (Wildman–Crippen MR) is 90.2 cm³/mol. The number of benzene rings is 1. The fraction of sp³-hybridized carbons (Fsp3) is 0.533. The van der Waals surface area contributed by atoms with Crippen molar-refractivity contribution in [1.82, 2.24) is 0 Å². The minimum atomic E-state index is -3.31. The van der Waals surface area contributed by atoms with Gasteiger partial charge in [-0.1, -0.05) is 20.3 Å². The zero-order chi connectivity index (χ0) is 16.8. The summed E-state index contributed by atoms with van der Waals surface area (Å²) in [6.07, 6.45) is 1.45. The molecule has 0 aliphatic heterocycles. The maximum Gasteiger partial charge on any atom is 0.232 e. The third-order valence-corrected chi connectivity index (χ3v) is 4.77. The molecular weight excluding hydrogens is 302 g/mol. The first-order chi connectivity index (χ1) is 10.2. The van der Waals surface area contributed by atoms with E-state index in [9.17, 15) is 13.2 Å². The lowest BCUT2D eigenvalue weighted by Crippen LogP contribution is -2.34.